The van der Waals surface area contributed by atoms with E-state index in [-0.39, 0.29) is 6.04 Å². The van der Waals surface area contributed by atoms with Gasteiger partial charge in [-0.2, -0.15) is 0 Å². The Bertz CT molecular complexity index is 750. The first-order valence-electron chi connectivity index (χ1n) is 6.56. The Kier molecular flexibility index (Phi) is 3.54. The quantitative estimate of drug-likeness (QED) is 0.798. The van der Waals surface area contributed by atoms with Gasteiger partial charge in [0.15, 0.2) is 0 Å². The van der Waals surface area contributed by atoms with E-state index in [4.69, 9.17) is 5.73 Å². The first kappa shape index (κ1) is 13.3. The van der Waals surface area contributed by atoms with E-state index in [1.807, 2.05) is 37.4 Å². The molecule has 2 aromatic carbocycles. The van der Waals surface area contributed by atoms with Crippen LogP contribution in [0, 0.1) is 0 Å². The van der Waals surface area contributed by atoms with Crippen LogP contribution in [0.5, 0.6) is 0 Å². The molecule has 5 heteroatoms. The molecule has 1 aromatic heterocycles. The summed E-state index contributed by atoms with van der Waals surface area (Å²) in [5, 5.41) is 10.7. The molecular formula is C15H15BrN4. The molecule has 20 heavy (non-hydrogen) atoms. The maximum atomic E-state index is 6.00. The lowest BCUT2D eigenvalue weighted by molar-refractivity contribution is 0.670. The van der Waals surface area contributed by atoms with Gasteiger partial charge in [-0.3, -0.25) is 0 Å². The van der Waals surface area contributed by atoms with E-state index in [9.17, 15) is 0 Å². The molecule has 3 rings (SSSR count). The van der Waals surface area contributed by atoms with Crippen LogP contribution in [0.15, 0.2) is 47.1 Å². The average Bonchev–Trinajstić information content (AvgIpc) is 2.97. The molecule has 0 saturated carbocycles. The van der Waals surface area contributed by atoms with Crippen LogP contribution in [0.25, 0.3) is 16.5 Å². The Hall–Kier alpha value is -1.72. The standard InChI is InChI=1S/C15H15BrN4/c1-2-13(17)14-9-20(19-18-14)15-8-7-12(16)10-5-3-4-6-11(10)15/h3-9,13H,2,17H2,1H3. The second-order valence-electron chi connectivity index (χ2n) is 4.71. The van der Waals surface area contributed by atoms with Crippen LogP contribution in [0.2, 0.25) is 0 Å². The first-order valence-corrected chi connectivity index (χ1v) is 7.35. The Morgan fingerprint density at radius 3 is 2.70 bits per heavy atom. The summed E-state index contributed by atoms with van der Waals surface area (Å²) in [7, 11) is 0. The number of nitrogens with zero attached hydrogens (tertiary/aromatic N) is 3. The fourth-order valence-corrected chi connectivity index (χ4v) is 2.70. The number of aromatic nitrogens is 3. The maximum Gasteiger partial charge on any atom is 0.0998 e. The van der Waals surface area contributed by atoms with Gasteiger partial charge in [0.2, 0.25) is 0 Å². The van der Waals surface area contributed by atoms with Crippen molar-refractivity contribution < 1.29 is 0 Å². The summed E-state index contributed by atoms with van der Waals surface area (Å²) in [6.07, 6.45) is 2.75. The summed E-state index contributed by atoms with van der Waals surface area (Å²) in [6, 6.07) is 12.2. The minimum atomic E-state index is -0.0644. The summed E-state index contributed by atoms with van der Waals surface area (Å²) in [6.45, 7) is 2.04. The third-order valence-corrected chi connectivity index (χ3v) is 4.12. The van der Waals surface area contributed by atoms with Crippen molar-refractivity contribution in [2.24, 2.45) is 5.73 Å². The molecule has 0 saturated heterocycles. The van der Waals surface area contributed by atoms with E-state index in [0.29, 0.717) is 0 Å². The molecule has 0 aliphatic heterocycles. The first-order chi connectivity index (χ1) is 9.70. The Morgan fingerprint density at radius 2 is 1.95 bits per heavy atom. The molecule has 2 N–H and O–H groups in total. The van der Waals surface area contributed by atoms with Gasteiger partial charge in [-0.05, 0) is 23.9 Å². The van der Waals surface area contributed by atoms with E-state index < -0.39 is 0 Å². The highest BCUT2D eigenvalue weighted by Gasteiger charge is 2.11. The zero-order valence-electron chi connectivity index (χ0n) is 11.1. The highest BCUT2D eigenvalue weighted by atomic mass is 79.9. The monoisotopic (exact) mass is 330 g/mol. The van der Waals surface area contributed by atoms with E-state index in [1.54, 1.807) is 4.68 Å². The zero-order chi connectivity index (χ0) is 14.1. The van der Waals surface area contributed by atoms with E-state index >= 15 is 0 Å². The van der Waals surface area contributed by atoms with Gasteiger partial charge in [0.05, 0.1) is 23.6 Å². The highest BCUT2D eigenvalue weighted by Crippen LogP contribution is 2.28. The molecule has 0 radical (unpaired) electrons. The lowest BCUT2D eigenvalue weighted by Crippen LogP contribution is -2.08. The Balaban J connectivity index is 2.15. The lowest BCUT2D eigenvalue weighted by Gasteiger charge is -2.07. The van der Waals surface area contributed by atoms with Gasteiger partial charge in [0, 0.05) is 9.86 Å². The number of nitrogens with two attached hydrogens (primary N) is 1. The van der Waals surface area contributed by atoms with Crippen molar-refractivity contribution in [1.82, 2.24) is 15.0 Å². The molecule has 3 aromatic rings. The van der Waals surface area contributed by atoms with Gasteiger partial charge < -0.3 is 5.73 Å². The Labute approximate surface area is 125 Å². The lowest BCUT2D eigenvalue weighted by atomic mass is 10.1. The summed E-state index contributed by atoms with van der Waals surface area (Å²) in [5.74, 6) is 0. The van der Waals surface area contributed by atoms with Crippen LogP contribution < -0.4 is 5.73 Å². The molecule has 1 heterocycles. The summed E-state index contributed by atoms with van der Waals surface area (Å²) >= 11 is 3.58. The zero-order valence-corrected chi connectivity index (χ0v) is 12.7. The number of rotatable bonds is 3. The van der Waals surface area contributed by atoms with Gasteiger partial charge in [0.25, 0.3) is 0 Å². The number of hydrogen-bond acceptors (Lipinski definition) is 3. The van der Waals surface area contributed by atoms with Crippen LogP contribution in [0.4, 0.5) is 0 Å². The molecule has 0 amide bonds. The van der Waals surface area contributed by atoms with Crippen molar-refractivity contribution in [3.63, 3.8) is 0 Å². The Morgan fingerprint density at radius 1 is 1.20 bits per heavy atom. The summed E-state index contributed by atoms with van der Waals surface area (Å²) in [5.41, 5.74) is 7.82. The fraction of sp³-hybridized carbons (Fsp3) is 0.200. The average molecular weight is 331 g/mol. The normalized spacial score (nSPS) is 12.8. The molecule has 0 fully saturated rings. The third-order valence-electron chi connectivity index (χ3n) is 3.43. The number of benzene rings is 2. The van der Waals surface area contributed by atoms with Crippen LogP contribution >= 0.6 is 15.9 Å². The maximum absolute atomic E-state index is 6.00. The van der Waals surface area contributed by atoms with E-state index in [1.165, 1.54) is 0 Å². The molecule has 1 unspecified atom stereocenters. The van der Waals surface area contributed by atoms with Crippen molar-refractivity contribution in [3.8, 4) is 5.69 Å². The van der Waals surface area contributed by atoms with Gasteiger partial charge >= 0.3 is 0 Å². The molecule has 102 valence electrons. The van der Waals surface area contributed by atoms with Gasteiger partial charge in [-0.25, -0.2) is 4.68 Å². The minimum absolute atomic E-state index is 0.0644. The molecular weight excluding hydrogens is 316 g/mol. The second-order valence-corrected chi connectivity index (χ2v) is 5.57. The van der Waals surface area contributed by atoms with Gasteiger partial charge in [-0.15, -0.1) is 5.10 Å². The van der Waals surface area contributed by atoms with Crippen molar-refractivity contribution in [2.45, 2.75) is 19.4 Å². The number of fused-ring (bicyclic) bond motifs is 1. The SMILES string of the molecule is CCC(N)c1cn(-c2ccc(Br)c3ccccc23)nn1. The predicted octanol–water partition coefficient (Wildman–Crippen LogP) is 3.59. The number of hydrogen-bond donors (Lipinski definition) is 1. The van der Waals surface area contributed by atoms with Crippen LogP contribution in [0.3, 0.4) is 0 Å². The second kappa shape index (κ2) is 5.34. The third kappa shape index (κ3) is 2.23. The van der Waals surface area contributed by atoms with Crippen molar-refractivity contribution in [1.29, 1.82) is 0 Å². The van der Waals surface area contributed by atoms with Crippen LogP contribution in [-0.2, 0) is 0 Å². The molecule has 4 nitrogen and oxygen atoms in total. The summed E-state index contributed by atoms with van der Waals surface area (Å²) < 4.78 is 2.86. The largest absolute Gasteiger partial charge is 0.323 e. The van der Waals surface area contributed by atoms with Crippen LogP contribution in [0.1, 0.15) is 25.1 Å². The van der Waals surface area contributed by atoms with Crippen molar-refractivity contribution in [3.05, 3.63) is 52.8 Å². The van der Waals surface area contributed by atoms with Gasteiger partial charge in [0.1, 0.15) is 0 Å². The van der Waals surface area contributed by atoms with Gasteiger partial charge in [-0.1, -0.05) is 52.3 Å². The fourth-order valence-electron chi connectivity index (χ4n) is 2.22. The van der Waals surface area contributed by atoms with Crippen molar-refractivity contribution >= 4 is 26.7 Å². The topological polar surface area (TPSA) is 56.7 Å². The van der Waals surface area contributed by atoms with Crippen molar-refractivity contribution in [2.75, 3.05) is 0 Å². The molecule has 0 bridgehead atoms. The minimum Gasteiger partial charge on any atom is -0.323 e. The summed E-state index contributed by atoms with van der Waals surface area (Å²) in [4.78, 5) is 0. The molecule has 1 atom stereocenters. The smallest absolute Gasteiger partial charge is 0.0998 e. The highest BCUT2D eigenvalue weighted by molar-refractivity contribution is 9.10. The van der Waals surface area contributed by atoms with E-state index in [0.717, 1.165) is 33.0 Å². The molecule has 0 spiro atoms. The predicted molar refractivity (Wildman–Crippen MR) is 83.8 cm³/mol. The molecule has 0 aliphatic rings. The molecule has 0 aliphatic carbocycles. The van der Waals surface area contributed by atoms with E-state index in [2.05, 4.69) is 38.4 Å². The number of halogens is 1. The van der Waals surface area contributed by atoms with Crippen LogP contribution in [-0.4, -0.2) is 15.0 Å².